The average molecular weight is 366 g/mol. The number of halogens is 1. The highest BCUT2D eigenvalue weighted by molar-refractivity contribution is 5.77. The molecule has 2 heterocycles. The molecule has 27 heavy (non-hydrogen) atoms. The summed E-state index contributed by atoms with van der Waals surface area (Å²) in [5, 5.41) is 3.61. The van der Waals surface area contributed by atoms with Gasteiger partial charge in [-0.2, -0.15) is 0 Å². The molecule has 0 aliphatic carbocycles. The van der Waals surface area contributed by atoms with Crippen LogP contribution in [0.15, 0.2) is 81.1 Å². The fourth-order valence-electron chi connectivity index (χ4n) is 2.33. The van der Waals surface area contributed by atoms with E-state index in [9.17, 15) is 18.8 Å². The lowest BCUT2D eigenvalue weighted by Crippen LogP contribution is -2.22. The number of rotatable bonds is 2. The zero-order valence-electron chi connectivity index (χ0n) is 14.0. The molecule has 0 fully saturated rings. The maximum atomic E-state index is 12.7. The first-order valence-corrected chi connectivity index (χ1v) is 7.94. The van der Waals surface area contributed by atoms with Crippen LogP contribution in [0.4, 0.5) is 15.9 Å². The number of hydrogen-bond donors (Lipinski definition) is 4. The lowest BCUT2D eigenvalue weighted by Gasteiger charge is -2.03. The Balaban J connectivity index is 0.000000159. The van der Waals surface area contributed by atoms with Gasteiger partial charge in [0.25, 0.3) is 11.1 Å². The van der Waals surface area contributed by atoms with Crippen molar-refractivity contribution in [1.82, 2.24) is 15.0 Å². The summed E-state index contributed by atoms with van der Waals surface area (Å²) < 4.78 is 12.7. The number of para-hydroxylation sites is 2. The smallest absolute Gasteiger partial charge is 0.327 e. The lowest BCUT2D eigenvalue weighted by molar-refractivity contribution is 0.612. The number of benzene rings is 2. The minimum absolute atomic E-state index is 0.370. The van der Waals surface area contributed by atoms with E-state index in [1.165, 1.54) is 12.1 Å². The Hall–Kier alpha value is -3.94. The first kappa shape index (κ1) is 17.9. The highest BCUT2D eigenvalue weighted by Crippen LogP contribution is 2.10. The number of aromatic nitrogens is 3. The minimum Gasteiger partial charge on any atom is -0.342 e. The summed E-state index contributed by atoms with van der Waals surface area (Å²) >= 11 is 0. The second-order valence-corrected chi connectivity index (χ2v) is 5.53. The van der Waals surface area contributed by atoms with Gasteiger partial charge < -0.3 is 10.3 Å². The van der Waals surface area contributed by atoms with E-state index in [-0.39, 0.29) is 0 Å². The summed E-state index contributed by atoms with van der Waals surface area (Å²) in [7, 11) is 0. The summed E-state index contributed by atoms with van der Waals surface area (Å²) in [6.45, 7) is 0. The second kappa shape index (κ2) is 7.96. The number of hydrogen-bond acceptors (Lipinski definition) is 4. The van der Waals surface area contributed by atoms with Crippen molar-refractivity contribution in [1.29, 1.82) is 0 Å². The Morgan fingerprint density at radius 3 is 2.22 bits per heavy atom. The van der Waals surface area contributed by atoms with Crippen molar-refractivity contribution in [2.45, 2.75) is 0 Å². The Kier molecular flexibility index (Phi) is 5.27. The molecule has 0 radical (unpaired) electrons. The van der Waals surface area contributed by atoms with Crippen LogP contribution in [0.3, 0.4) is 0 Å². The predicted octanol–water partition coefficient (Wildman–Crippen LogP) is 2.47. The van der Waals surface area contributed by atoms with E-state index in [0.717, 1.165) is 5.69 Å². The zero-order chi connectivity index (χ0) is 19.2. The SMILES string of the molecule is O=c1[nH]c2ccccc2cc1F.O=c1cc(Nc2ccccc2)[nH]c(=O)[nH]1. The monoisotopic (exact) mass is 366 g/mol. The molecule has 0 aliphatic heterocycles. The standard InChI is InChI=1S/C10H9N3O2.C9H6FNO/c14-9-6-8(12-10(15)13-9)11-7-4-2-1-3-5-7;10-7-5-6-3-1-2-4-8(6)11-9(7)12/h1-6H,(H3,11,12,13,14,15);1-5H,(H,11,12). The number of aromatic amines is 3. The Morgan fingerprint density at radius 1 is 0.778 bits per heavy atom. The molecule has 0 saturated heterocycles. The number of nitrogens with one attached hydrogen (secondary N) is 4. The normalized spacial score (nSPS) is 10.1. The molecule has 8 heteroatoms. The molecule has 0 bridgehead atoms. The van der Waals surface area contributed by atoms with Crippen molar-refractivity contribution in [2.24, 2.45) is 0 Å². The lowest BCUT2D eigenvalue weighted by atomic mass is 10.2. The molecule has 4 rings (SSSR count). The molecule has 0 aliphatic rings. The Labute approximate surface area is 151 Å². The van der Waals surface area contributed by atoms with Crippen LogP contribution in [-0.2, 0) is 0 Å². The van der Waals surface area contributed by atoms with Gasteiger partial charge in [-0.3, -0.25) is 19.6 Å². The first-order chi connectivity index (χ1) is 13.0. The van der Waals surface area contributed by atoms with Gasteiger partial charge >= 0.3 is 5.69 Å². The number of pyridine rings is 1. The summed E-state index contributed by atoms with van der Waals surface area (Å²) in [6, 6.07) is 18.8. The van der Waals surface area contributed by atoms with Gasteiger partial charge in [0.2, 0.25) is 0 Å². The van der Waals surface area contributed by atoms with Crippen LogP contribution in [0.1, 0.15) is 0 Å². The summed E-state index contributed by atoms with van der Waals surface area (Å²) in [5.74, 6) is -0.372. The topological polar surface area (TPSA) is 111 Å². The average Bonchev–Trinajstić information content (AvgIpc) is 2.63. The summed E-state index contributed by atoms with van der Waals surface area (Å²) in [6.07, 6.45) is 0. The van der Waals surface area contributed by atoms with E-state index < -0.39 is 22.6 Å². The van der Waals surface area contributed by atoms with Crippen molar-refractivity contribution < 1.29 is 4.39 Å². The van der Waals surface area contributed by atoms with Crippen LogP contribution >= 0.6 is 0 Å². The second-order valence-electron chi connectivity index (χ2n) is 5.53. The van der Waals surface area contributed by atoms with Gasteiger partial charge in [0, 0.05) is 22.7 Å². The molecular formula is C19H15FN4O3. The largest absolute Gasteiger partial charge is 0.342 e. The highest BCUT2D eigenvalue weighted by Gasteiger charge is 1.99. The van der Waals surface area contributed by atoms with E-state index in [4.69, 9.17) is 0 Å². The fraction of sp³-hybridized carbons (Fsp3) is 0. The van der Waals surface area contributed by atoms with Crippen LogP contribution in [0.5, 0.6) is 0 Å². The number of fused-ring (bicyclic) bond motifs is 1. The fourth-order valence-corrected chi connectivity index (χ4v) is 2.33. The van der Waals surface area contributed by atoms with Gasteiger partial charge in [0.1, 0.15) is 5.82 Å². The molecule has 4 N–H and O–H groups in total. The third-order valence-corrected chi connectivity index (χ3v) is 3.52. The maximum Gasteiger partial charge on any atom is 0.327 e. The van der Waals surface area contributed by atoms with E-state index in [1.54, 1.807) is 24.3 Å². The summed E-state index contributed by atoms with van der Waals surface area (Å²) in [5.41, 5.74) is -0.172. The molecule has 0 amide bonds. The van der Waals surface area contributed by atoms with Crippen molar-refractivity contribution in [3.05, 3.63) is 104 Å². The minimum atomic E-state index is -0.742. The van der Waals surface area contributed by atoms with Crippen LogP contribution in [0.2, 0.25) is 0 Å². The van der Waals surface area contributed by atoms with Gasteiger partial charge in [-0.15, -0.1) is 0 Å². The van der Waals surface area contributed by atoms with E-state index >= 15 is 0 Å². The number of anilines is 2. The van der Waals surface area contributed by atoms with Crippen molar-refractivity contribution in [2.75, 3.05) is 5.32 Å². The molecule has 2 aromatic carbocycles. The van der Waals surface area contributed by atoms with E-state index in [2.05, 4.69) is 20.3 Å². The van der Waals surface area contributed by atoms with Crippen molar-refractivity contribution >= 4 is 22.4 Å². The van der Waals surface area contributed by atoms with Gasteiger partial charge in [0.15, 0.2) is 5.82 Å². The summed E-state index contributed by atoms with van der Waals surface area (Å²) in [4.78, 5) is 39.7. The highest BCUT2D eigenvalue weighted by atomic mass is 19.1. The third-order valence-electron chi connectivity index (χ3n) is 3.52. The molecule has 0 atom stereocenters. The van der Waals surface area contributed by atoms with Gasteiger partial charge in [-0.05, 0) is 24.3 Å². The molecule has 0 saturated carbocycles. The molecule has 0 unspecified atom stereocenters. The zero-order valence-corrected chi connectivity index (χ0v) is 14.0. The number of H-pyrrole nitrogens is 3. The van der Waals surface area contributed by atoms with Crippen LogP contribution in [0.25, 0.3) is 10.9 Å². The van der Waals surface area contributed by atoms with E-state index in [0.29, 0.717) is 16.7 Å². The van der Waals surface area contributed by atoms with Crippen LogP contribution in [0, 0.1) is 5.82 Å². The van der Waals surface area contributed by atoms with Gasteiger partial charge in [-0.25, -0.2) is 9.18 Å². The maximum absolute atomic E-state index is 12.7. The van der Waals surface area contributed by atoms with Crippen molar-refractivity contribution in [3.63, 3.8) is 0 Å². The van der Waals surface area contributed by atoms with Gasteiger partial charge in [-0.1, -0.05) is 36.4 Å². The molecule has 0 spiro atoms. The Morgan fingerprint density at radius 2 is 1.48 bits per heavy atom. The molecule has 4 aromatic rings. The molecular weight excluding hydrogens is 351 g/mol. The molecule has 136 valence electrons. The van der Waals surface area contributed by atoms with Crippen LogP contribution in [-0.4, -0.2) is 15.0 Å². The van der Waals surface area contributed by atoms with Gasteiger partial charge in [0.05, 0.1) is 0 Å². The molecule has 2 aromatic heterocycles. The van der Waals surface area contributed by atoms with Crippen molar-refractivity contribution in [3.8, 4) is 0 Å². The first-order valence-electron chi connectivity index (χ1n) is 7.94. The quantitative estimate of drug-likeness (QED) is 0.437. The molecule has 7 nitrogen and oxygen atoms in total. The Bertz CT molecular complexity index is 1200. The third kappa shape index (κ3) is 4.79. The van der Waals surface area contributed by atoms with E-state index in [1.807, 2.05) is 30.3 Å². The predicted molar refractivity (Wildman–Crippen MR) is 102 cm³/mol. The van der Waals surface area contributed by atoms with Crippen LogP contribution < -0.4 is 22.1 Å².